The van der Waals surface area contributed by atoms with Crippen molar-refractivity contribution in [2.24, 2.45) is 4.99 Å². The van der Waals surface area contributed by atoms with Crippen molar-refractivity contribution in [2.75, 3.05) is 46.3 Å². The van der Waals surface area contributed by atoms with E-state index in [4.69, 9.17) is 9.47 Å². The zero-order chi connectivity index (χ0) is 16.0. The fourth-order valence-corrected chi connectivity index (χ4v) is 3.28. The molecule has 0 saturated heterocycles. The molecular weight excluding hydrogens is 425 g/mol. The molecule has 1 aliphatic carbocycles. The number of halogens is 1. The van der Waals surface area contributed by atoms with E-state index in [0.29, 0.717) is 25.9 Å². The molecule has 1 aliphatic rings. The molecule has 0 aliphatic heterocycles. The minimum absolute atomic E-state index is 0. The third-order valence-corrected chi connectivity index (χ3v) is 4.93. The zero-order valence-electron chi connectivity index (χ0n) is 14.8. The highest BCUT2D eigenvalue weighted by Crippen LogP contribution is 2.27. The van der Waals surface area contributed by atoms with Crippen LogP contribution < -0.4 is 10.6 Å². The molecule has 2 unspecified atom stereocenters. The Bertz CT molecular complexity index is 309. The number of thioether (sulfide) groups is 1. The summed E-state index contributed by atoms with van der Waals surface area (Å²) in [5.41, 5.74) is 0. The van der Waals surface area contributed by atoms with Gasteiger partial charge < -0.3 is 20.1 Å². The van der Waals surface area contributed by atoms with Gasteiger partial charge in [-0.2, -0.15) is 11.8 Å². The molecule has 2 N–H and O–H groups in total. The van der Waals surface area contributed by atoms with E-state index in [9.17, 15) is 0 Å². The maximum atomic E-state index is 5.54. The number of ether oxygens (including phenoxy) is 2. The number of hydrogen-bond acceptors (Lipinski definition) is 4. The molecule has 5 nitrogen and oxygen atoms in total. The van der Waals surface area contributed by atoms with Gasteiger partial charge in [0, 0.05) is 31.5 Å². The van der Waals surface area contributed by atoms with Crippen molar-refractivity contribution in [3.05, 3.63) is 0 Å². The molecule has 0 aromatic rings. The maximum absolute atomic E-state index is 5.54. The van der Waals surface area contributed by atoms with Crippen LogP contribution in [-0.2, 0) is 9.47 Å². The van der Waals surface area contributed by atoms with Gasteiger partial charge in [-0.25, -0.2) is 0 Å². The van der Waals surface area contributed by atoms with Gasteiger partial charge in [-0.05, 0) is 31.9 Å². The zero-order valence-corrected chi connectivity index (χ0v) is 18.0. The van der Waals surface area contributed by atoms with Crippen LogP contribution in [0, 0.1) is 0 Å². The van der Waals surface area contributed by atoms with E-state index in [2.05, 4.69) is 28.8 Å². The highest BCUT2D eigenvalue weighted by Gasteiger charge is 2.24. The van der Waals surface area contributed by atoms with Crippen LogP contribution in [0.3, 0.4) is 0 Å². The molecule has 7 heteroatoms. The van der Waals surface area contributed by atoms with Crippen LogP contribution in [0.15, 0.2) is 4.99 Å². The molecular formula is C16H34IN3O2S. The van der Waals surface area contributed by atoms with E-state index in [1.165, 1.54) is 25.7 Å². The number of rotatable bonds is 11. The van der Waals surface area contributed by atoms with E-state index in [0.717, 1.165) is 30.8 Å². The first-order valence-corrected chi connectivity index (χ1v) is 9.74. The fourth-order valence-electron chi connectivity index (χ4n) is 2.48. The maximum Gasteiger partial charge on any atom is 0.191 e. The van der Waals surface area contributed by atoms with Gasteiger partial charge in [0.25, 0.3) is 0 Å². The summed E-state index contributed by atoms with van der Waals surface area (Å²) in [4.78, 5) is 4.28. The summed E-state index contributed by atoms with van der Waals surface area (Å²) in [6.07, 6.45) is 8.27. The van der Waals surface area contributed by atoms with Crippen molar-refractivity contribution in [1.29, 1.82) is 0 Å². The average molecular weight is 459 g/mol. The lowest BCUT2D eigenvalue weighted by Crippen LogP contribution is -2.43. The first-order chi connectivity index (χ1) is 10.8. The van der Waals surface area contributed by atoms with Crippen molar-refractivity contribution in [2.45, 2.75) is 50.3 Å². The Morgan fingerprint density at radius 3 is 2.52 bits per heavy atom. The molecule has 0 radical (unpaired) electrons. The smallest absolute Gasteiger partial charge is 0.191 e. The van der Waals surface area contributed by atoms with Gasteiger partial charge in [-0.3, -0.25) is 4.99 Å². The van der Waals surface area contributed by atoms with Crippen molar-refractivity contribution in [3.8, 4) is 0 Å². The van der Waals surface area contributed by atoms with Gasteiger partial charge in [0.15, 0.2) is 5.96 Å². The summed E-state index contributed by atoms with van der Waals surface area (Å²) in [5, 5.41) is 7.60. The van der Waals surface area contributed by atoms with Gasteiger partial charge >= 0.3 is 0 Å². The van der Waals surface area contributed by atoms with Gasteiger partial charge in [-0.15, -0.1) is 24.0 Å². The summed E-state index contributed by atoms with van der Waals surface area (Å²) >= 11 is 1.97. The number of nitrogens with one attached hydrogen (secondary N) is 2. The largest absolute Gasteiger partial charge is 0.379 e. The third-order valence-electron chi connectivity index (χ3n) is 3.84. The monoisotopic (exact) mass is 459 g/mol. The number of hydrogen-bond donors (Lipinski definition) is 2. The molecule has 0 spiro atoms. The Balaban J connectivity index is 0.00000484. The molecule has 0 aromatic carbocycles. The van der Waals surface area contributed by atoms with E-state index in [1.807, 2.05) is 18.8 Å². The second kappa shape index (κ2) is 15.8. The van der Waals surface area contributed by atoms with Crippen LogP contribution in [0.1, 0.15) is 39.0 Å². The molecule has 1 fully saturated rings. The lowest BCUT2D eigenvalue weighted by molar-refractivity contribution is 0.0487. The number of nitrogens with zero attached hydrogens (tertiary/aromatic N) is 1. The molecule has 1 rings (SSSR count). The predicted molar refractivity (Wildman–Crippen MR) is 111 cm³/mol. The molecule has 1 saturated carbocycles. The van der Waals surface area contributed by atoms with Crippen LogP contribution in [0.4, 0.5) is 0 Å². The molecule has 138 valence electrons. The number of aliphatic imine (C=N–C) groups is 1. The molecule has 2 atom stereocenters. The molecule has 0 bridgehead atoms. The normalized spacial score (nSPS) is 21.1. The van der Waals surface area contributed by atoms with Crippen molar-refractivity contribution in [3.63, 3.8) is 0 Å². The summed E-state index contributed by atoms with van der Waals surface area (Å²) in [6, 6.07) is 0.552. The minimum Gasteiger partial charge on any atom is -0.379 e. The minimum atomic E-state index is 0. The van der Waals surface area contributed by atoms with E-state index >= 15 is 0 Å². The summed E-state index contributed by atoms with van der Waals surface area (Å²) in [6.45, 7) is 5.80. The van der Waals surface area contributed by atoms with E-state index in [-0.39, 0.29) is 24.0 Å². The second-order valence-electron chi connectivity index (χ2n) is 5.59. The van der Waals surface area contributed by atoms with Gasteiger partial charge in [-0.1, -0.05) is 13.3 Å². The number of unbranched alkanes of at least 4 members (excludes halogenated alkanes) is 1. The standard InChI is InChI=1S/C16H33N3O2S.HI/c1-4-5-9-20-11-12-21-10-8-18-16(17-2)19-14-6-7-15(13-14)22-3;/h14-15H,4-13H2,1-3H3,(H2,17,18,19);1H. The van der Waals surface area contributed by atoms with Crippen LogP contribution in [-0.4, -0.2) is 63.5 Å². The first-order valence-electron chi connectivity index (χ1n) is 8.45. The Hall–Kier alpha value is 0.270. The molecule has 0 amide bonds. The number of guanidine groups is 1. The van der Waals surface area contributed by atoms with E-state index in [1.54, 1.807) is 0 Å². The molecule has 0 heterocycles. The Labute approximate surface area is 163 Å². The lowest BCUT2D eigenvalue weighted by atomic mass is 10.2. The highest BCUT2D eigenvalue weighted by molar-refractivity contribution is 14.0. The van der Waals surface area contributed by atoms with Crippen molar-refractivity contribution < 1.29 is 9.47 Å². The van der Waals surface area contributed by atoms with Crippen molar-refractivity contribution >= 4 is 41.7 Å². The Morgan fingerprint density at radius 1 is 1.17 bits per heavy atom. The highest BCUT2D eigenvalue weighted by atomic mass is 127. The summed E-state index contributed by atoms with van der Waals surface area (Å²) in [5.74, 6) is 0.884. The van der Waals surface area contributed by atoms with Crippen molar-refractivity contribution in [1.82, 2.24) is 10.6 Å². The fraction of sp³-hybridized carbons (Fsp3) is 0.938. The van der Waals surface area contributed by atoms with Crippen LogP contribution >= 0.6 is 35.7 Å². The van der Waals surface area contributed by atoms with Gasteiger partial charge in [0.2, 0.25) is 0 Å². The van der Waals surface area contributed by atoms with E-state index < -0.39 is 0 Å². The summed E-state index contributed by atoms with van der Waals surface area (Å²) < 4.78 is 11.0. The molecule has 0 aromatic heterocycles. The quantitative estimate of drug-likeness (QED) is 0.215. The van der Waals surface area contributed by atoms with Gasteiger partial charge in [0.1, 0.15) is 0 Å². The Kier molecular flexibility index (Phi) is 16.0. The van der Waals surface area contributed by atoms with Crippen LogP contribution in [0.5, 0.6) is 0 Å². The van der Waals surface area contributed by atoms with Crippen LogP contribution in [0.25, 0.3) is 0 Å². The third kappa shape index (κ3) is 11.4. The lowest BCUT2D eigenvalue weighted by Gasteiger charge is -2.17. The Morgan fingerprint density at radius 2 is 1.91 bits per heavy atom. The second-order valence-corrected chi connectivity index (χ2v) is 6.73. The predicted octanol–water partition coefficient (Wildman–Crippen LogP) is 2.89. The van der Waals surface area contributed by atoms with Gasteiger partial charge in [0.05, 0.1) is 19.8 Å². The summed E-state index contributed by atoms with van der Waals surface area (Å²) in [7, 11) is 1.82. The SMILES string of the molecule is CCCCOCCOCCNC(=NC)NC1CCC(SC)C1.I. The topological polar surface area (TPSA) is 54.9 Å². The van der Waals surface area contributed by atoms with Crippen LogP contribution in [0.2, 0.25) is 0 Å². The molecule has 23 heavy (non-hydrogen) atoms. The first kappa shape index (κ1) is 23.3. The average Bonchev–Trinajstić information content (AvgIpc) is 2.99.